The smallest absolute Gasteiger partial charge is 0.259 e. The Kier molecular flexibility index (Phi) is 7.11. The summed E-state index contributed by atoms with van der Waals surface area (Å²) in [7, 11) is 0. The number of anilines is 5. The maximum atomic E-state index is 12.5. The molecule has 37 heavy (non-hydrogen) atoms. The van der Waals surface area contributed by atoms with Crippen molar-refractivity contribution in [3.8, 4) is 17.2 Å². The molecule has 3 aromatic rings. The number of phenolic OH excluding ortho intramolecular Hbond substituents is 3. The van der Waals surface area contributed by atoms with Crippen LogP contribution in [-0.4, -0.2) is 62.4 Å². The number of benzene rings is 2. The third-order valence-corrected chi connectivity index (χ3v) is 6.65. The Bertz CT molecular complexity index is 1240. The molecular weight excluding hydrogens is 474 g/mol. The van der Waals surface area contributed by atoms with Gasteiger partial charge in [0.05, 0.1) is 11.3 Å². The minimum atomic E-state index is -0.667. The highest BCUT2D eigenvalue weighted by Crippen LogP contribution is 2.32. The molecule has 2 aliphatic heterocycles. The van der Waals surface area contributed by atoms with E-state index in [-0.39, 0.29) is 17.0 Å². The van der Waals surface area contributed by atoms with Gasteiger partial charge >= 0.3 is 0 Å². The van der Waals surface area contributed by atoms with Crippen LogP contribution in [-0.2, 0) is 0 Å². The van der Waals surface area contributed by atoms with Crippen LogP contribution < -0.4 is 20.4 Å². The lowest BCUT2D eigenvalue weighted by Crippen LogP contribution is -2.34. The molecule has 5 rings (SSSR count). The number of aromatic hydroxyl groups is 3. The molecule has 3 heterocycles. The quantitative estimate of drug-likeness (QED) is 0.312. The average molecular weight is 506 g/mol. The van der Waals surface area contributed by atoms with Crippen LogP contribution in [0.3, 0.4) is 0 Å². The lowest BCUT2D eigenvalue weighted by molar-refractivity contribution is 0.102. The van der Waals surface area contributed by atoms with E-state index in [1.165, 1.54) is 43.2 Å². The normalized spacial score (nSPS) is 15.9. The highest BCUT2D eigenvalue weighted by Gasteiger charge is 2.21. The van der Waals surface area contributed by atoms with E-state index >= 15 is 0 Å². The highest BCUT2D eigenvalue weighted by atomic mass is 16.3. The Morgan fingerprint density at radius 1 is 0.757 bits per heavy atom. The minimum Gasteiger partial charge on any atom is -0.506 e. The average Bonchev–Trinajstić information content (AvgIpc) is 2.92. The molecule has 2 aliphatic rings. The number of phenols is 3. The number of nitrogens with one attached hydrogen (secondary N) is 2. The fourth-order valence-electron chi connectivity index (χ4n) is 4.63. The van der Waals surface area contributed by atoms with E-state index in [2.05, 4.69) is 30.4 Å². The van der Waals surface area contributed by atoms with Crippen LogP contribution in [0.25, 0.3) is 0 Å². The first kappa shape index (κ1) is 24.4. The topological polar surface area (TPSA) is 147 Å². The molecule has 194 valence electrons. The van der Waals surface area contributed by atoms with Gasteiger partial charge in [-0.05, 0) is 62.8 Å². The standard InChI is InChI=1S/C26H31N7O4/c34-20-9-7-8-18(22(20)36)23(37)28-19-11-10-17(16-21(19)35)27-24-29-25(32-12-3-1-4-13-32)31-26(30-24)33-14-5-2-6-15-33/h7-11,16,34-36H,1-6,12-15H2,(H,28,37)(H,27,29,30,31). The number of hydrogen-bond acceptors (Lipinski definition) is 10. The molecule has 0 radical (unpaired) electrons. The minimum absolute atomic E-state index is 0.109. The Balaban J connectivity index is 1.36. The van der Waals surface area contributed by atoms with Crippen molar-refractivity contribution in [3.05, 3.63) is 42.0 Å². The summed E-state index contributed by atoms with van der Waals surface area (Å²) in [6, 6.07) is 8.78. The van der Waals surface area contributed by atoms with Crippen molar-refractivity contribution < 1.29 is 20.1 Å². The summed E-state index contributed by atoms with van der Waals surface area (Å²) in [5.41, 5.74) is 0.579. The van der Waals surface area contributed by atoms with E-state index in [0.29, 0.717) is 23.5 Å². The third kappa shape index (κ3) is 5.60. The predicted octanol–water partition coefficient (Wildman–Crippen LogP) is 3.96. The summed E-state index contributed by atoms with van der Waals surface area (Å²) in [6.45, 7) is 3.64. The van der Waals surface area contributed by atoms with Crippen LogP contribution in [0.2, 0.25) is 0 Å². The van der Waals surface area contributed by atoms with Gasteiger partial charge in [0.2, 0.25) is 17.8 Å². The number of para-hydroxylation sites is 1. The van der Waals surface area contributed by atoms with Gasteiger partial charge < -0.3 is 35.8 Å². The zero-order chi connectivity index (χ0) is 25.8. The predicted molar refractivity (Wildman–Crippen MR) is 141 cm³/mol. The van der Waals surface area contributed by atoms with E-state index in [0.717, 1.165) is 51.9 Å². The molecule has 0 saturated carbocycles. The molecule has 0 aliphatic carbocycles. The SMILES string of the molecule is O=C(Nc1ccc(Nc2nc(N3CCCCC3)nc(N3CCCCC3)n2)cc1O)c1cccc(O)c1O. The molecule has 11 nitrogen and oxygen atoms in total. The number of carbonyl (C=O) groups excluding carboxylic acids is 1. The van der Waals surface area contributed by atoms with Crippen LogP contribution in [0.15, 0.2) is 36.4 Å². The second-order valence-corrected chi connectivity index (χ2v) is 9.34. The van der Waals surface area contributed by atoms with Crippen LogP contribution in [0.5, 0.6) is 17.2 Å². The molecule has 2 fully saturated rings. The first-order valence-electron chi connectivity index (χ1n) is 12.7. The molecule has 1 amide bonds. The first-order chi connectivity index (χ1) is 18.0. The summed E-state index contributed by atoms with van der Waals surface area (Å²) < 4.78 is 0. The molecule has 11 heteroatoms. The fraction of sp³-hybridized carbons (Fsp3) is 0.385. The van der Waals surface area contributed by atoms with Crippen LogP contribution in [0.1, 0.15) is 48.9 Å². The lowest BCUT2D eigenvalue weighted by atomic mass is 10.1. The van der Waals surface area contributed by atoms with Crippen molar-refractivity contribution in [2.45, 2.75) is 38.5 Å². The molecule has 0 spiro atoms. The Morgan fingerprint density at radius 2 is 1.38 bits per heavy atom. The largest absolute Gasteiger partial charge is 0.506 e. The molecule has 2 aromatic carbocycles. The lowest BCUT2D eigenvalue weighted by Gasteiger charge is -2.30. The zero-order valence-corrected chi connectivity index (χ0v) is 20.5. The van der Waals surface area contributed by atoms with E-state index in [1.54, 1.807) is 6.07 Å². The molecular formula is C26H31N7O4. The van der Waals surface area contributed by atoms with Gasteiger partial charge in [-0.15, -0.1) is 0 Å². The van der Waals surface area contributed by atoms with Crippen molar-refractivity contribution in [1.29, 1.82) is 0 Å². The summed E-state index contributed by atoms with van der Waals surface area (Å²) in [5.74, 6) is -0.0901. The van der Waals surface area contributed by atoms with Crippen LogP contribution >= 0.6 is 0 Å². The van der Waals surface area contributed by atoms with E-state index < -0.39 is 17.4 Å². The third-order valence-electron chi connectivity index (χ3n) is 6.65. The second kappa shape index (κ2) is 10.8. The van der Waals surface area contributed by atoms with Gasteiger partial charge in [0.1, 0.15) is 5.75 Å². The first-order valence-corrected chi connectivity index (χ1v) is 12.7. The maximum Gasteiger partial charge on any atom is 0.259 e. The molecule has 5 N–H and O–H groups in total. The molecule has 0 unspecified atom stereocenters. The van der Waals surface area contributed by atoms with E-state index in [4.69, 9.17) is 4.98 Å². The number of rotatable bonds is 6. The summed E-state index contributed by atoms with van der Waals surface area (Å²) in [6.07, 6.45) is 6.84. The van der Waals surface area contributed by atoms with Crippen LogP contribution in [0, 0.1) is 0 Å². The molecule has 0 atom stereocenters. The summed E-state index contributed by atoms with van der Waals surface area (Å²) >= 11 is 0. The van der Waals surface area contributed by atoms with Crippen molar-refractivity contribution in [1.82, 2.24) is 15.0 Å². The number of piperidine rings is 2. The van der Waals surface area contributed by atoms with E-state index in [1.807, 2.05) is 0 Å². The number of carbonyl (C=O) groups is 1. The van der Waals surface area contributed by atoms with Gasteiger partial charge in [0, 0.05) is 37.9 Å². The number of hydrogen-bond donors (Lipinski definition) is 5. The molecule has 2 saturated heterocycles. The van der Waals surface area contributed by atoms with Gasteiger partial charge in [0.15, 0.2) is 11.5 Å². The zero-order valence-electron chi connectivity index (χ0n) is 20.5. The number of aromatic nitrogens is 3. The maximum absolute atomic E-state index is 12.5. The van der Waals surface area contributed by atoms with Crippen molar-refractivity contribution in [3.63, 3.8) is 0 Å². The van der Waals surface area contributed by atoms with Gasteiger partial charge in [-0.2, -0.15) is 15.0 Å². The Hall–Kier alpha value is -4.28. The van der Waals surface area contributed by atoms with Crippen LogP contribution in [0.4, 0.5) is 29.2 Å². The monoisotopic (exact) mass is 505 g/mol. The second-order valence-electron chi connectivity index (χ2n) is 9.34. The summed E-state index contributed by atoms with van der Waals surface area (Å²) in [4.78, 5) is 31.0. The Morgan fingerprint density at radius 3 is 1.97 bits per heavy atom. The number of nitrogens with zero attached hydrogens (tertiary/aromatic N) is 5. The van der Waals surface area contributed by atoms with Gasteiger partial charge in [-0.3, -0.25) is 4.79 Å². The molecule has 1 aromatic heterocycles. The number of amides is 1. The van der Waals surface area contributed by atoms with Crippen molar-refractivity contribution in [2.24, 2.45) is 0 Å². The van der Waals surface area contributed by atoms with Gasteiger partial charge in [0.25, 0.3) is 5.91 Å². The van der Waals surface area contributed by atoms with Gasteiger partial charge in [-0.1, -0.05) is 6.07 Å². The Labute approximate surface area is 214 Å². The fourth-order valence-corrected chi connectivity index (χ4v) is 4.63. The highest BCUT2D eigenvalue weighted by molar-refractivity contribution is 6.07. The summed E-state index contributed by atoms with van der Waals surface area (Å²) in [5, 5.41) is 35.9. The van der Waals surface area contributed by atoms with Gasteiger partial charge in [-0.25, -0.2) is 0 Å². The van der Waals surface area contributed by atoms with Crippen molar-refractivity contribution in [2.75, 3.05) is 46.6 Å². The van der Waals surface area contributed by atoms with Crippen molar-refractivity contribution >= 4 is 35.1 Å². The van der Waals surface area contributed by atoms with E-state index in [9.17, 15) is 20.1 Å². The molecule has 0 bridgehead atoms.